The second-order valence-corrected chi connectivity index (χ2v) is 3.52. The Bertz CT molecular complexity index is 388. The number of esters is 1. The zero-order valence-electron chi connectivity index (χ0n) is 8.35. The van der Waals surface area contributed by atoms with Crippen LogP contribution in [-0.2, 0) is 9.53 Å². The molecule has 1 aliphatic rings. The van der Waals surface area contributed by atoms with Gasteiger partial charge in [0.2, 0.25) is 0 Å². The predicted octanol–water partition coefficient (Wildman–Crippen LogP) is 2.57. The molecule has 0 saturated carbocycles. The van der Waals surface area contributed by atoms with Gasteiger partial charge >= 0.3 is 5.97 Å². The lowest BCUT2D eigenvalue weighted by molar-refractivity contribution is -0.137. The summed E-state index contributed by atoms with van der Waals surface area (Å²) >= 11 is 0. The lowest BCUT2D eigenvalue weighted by Gasteiger charge is -2.00. The Morgan fingerprint density at radius 2 is 2.07 bits per heavy atom. The summed E-state index contributed by atoms with van der Waals surface area (Å²) in [5, 5.41) is 0. The van der Waals surface area contributed by atoms with Crippen LogP contribution in [0.3, 0.4) is 0 Å². The summed E-state index contributed by atoms with van der Waals surface area (Å²) in [4.78, 5) is 11.0. The fraction of sp³-hybridized carbons (Fsp3) is 0.154. The lowest BCUT2D eigenvalue weighted by atomic mass is 10.1. The van der Waals surface area contributed by atoms with E-state index < -0.39 is 0 Å². The van der Waals surface area contributed by atoms with Crippen molar-refractivity contribution in [2.24, 2.45) is 0 Å². The van der Waals surface area contributed by atoms with E-state index in [4.69, 9.17) is 4.74 Å². The molecule has 76 valence electrons. The van der Waals surface area contributed by atoms with E-state index in [1.165, 1.54) is 0 Å². The number of rotatable bonds is 2. The van der Waals surface area contributed by atoms with Gasteiger partial charge in [-0.1, -0.05) is 43.0 Å². The van der Waals surface area contributed by atoms with Crippen molar-refractivity contribution < 1.29 is 9.53 Å². The molecule has 1 aromatic rings. The highest BCUT2D eigenvalue weighted by atomic mass is 16.5. The topological polar surface area (TPSA) is 26.3 Å². The fourth-order valence-corrected chi connectivity index (χ4v) is 1.48. The van der Waals surface area contributed by atoms with Crippen molar-refractivity contribution in [2.75, 3.05) is 0 Å². The molecule has 0 unspecified atom stereocenters. The Labute approximate surface area is 88.9 Å². The molecule has 1 saturated heterocycles. The number of hydrogen-bond acceptors (Lipinski definition) is 2. The van der Waals surface area contributed by atoms with Gasteiger partial charge in [0.25, 0.3) is 0 Å². The zero-order valence-corrected chi connectivity index (χ0v) is 8.35. The molecular weight excluding hydrogens is 188 g/mol. The Hall–Kier alpha value is -1.83. The molecule has 0 aromatic heterocycles. The van der Waals surface area contributed by atoms with Gasteiger partial charge < -0.3 is 4.74 Å². The van der Waals surface area contributed by atoms with Crippen molar-refractivity contribution in [3.8, 4) is 0 Å². The SMILES string of the molecule is C=C1C[C@@H](/C=C/c2ccccc2)OC1=O. The van der Waals surface area contributed by atoms with Crippen LogP contribution in [0.4, 0.5) is 0 Å². The van der Waals surface area contributed by atoms with Crippen molar-refractivity contribution >= 4 is 12.0 Å². The van der Waals surface area contributed by atoms with Crippen molar-refractivity contribution in [1.29, 1.82) is 0 Å². The van der Waals surface area contributed by atoms with Gasteiger partial charge in [-0.05, 0) is 11.6 Å². The van der Waals surface area contributed by atoms with Crippen molar-refractivity contribution in [1.82, 2.24) is 0 Å². The van der Waals surface area contributed by atoms with E-state index in [1.54, 1.807) is 0 Å². The van der Waals surface area contributed by atoms with Gasteiger partial charge in [-0.3, -0.25) is 0 Å². The van der Waals surface area contributed by atoms with Gasteiger partial charge in [0.1, 0.15) is 6.10 Å². The molecule has 2 heteroatoms. The van der Waals surface area contributed by atoms with E-state index in [0.29, 0.717) is 12.0 Å². The quantitative estimate of drug-likeness (QED) is 0.541. The maximum absolute atomic E-state index is 11.0. The highest BCUT2D eigenvalue weighted by Gasteiger charge is 2.24. The number of cyclic esters (lactones) is 1. The van der Waals surface area contributed by atoms with Gasteiger partial charge in [0, 0.05) is 12.0 Å². The lowest BCUT2D eigenvalue weighted by Crippen LogP contribution is -2.01. The van der Waals surface area contributed by atoms with E-state index in [1.807, 2.05) is 42.5 Å². The van der Waals surface area contributed by atoms with Crippen LogP contribution in [0.25, 0.3) is 6.08 Å². The van der Waals surface area contributed by atoms with Crippen LogP contribution >= 0.6 is 0 Å². The van der Waals surface area contributed by atoms with E-state index >= 15 is 0 Å². The minimum Gasteiger partial charge on any atom is -0.454 e. The summed E-state index contributed by atoms with van der Waals surface area (Å²) in [6.07, 6.45) is 4.30. The third kappa shape index (κ3) is 2.34. The molecular formula is C13H12O2. The van der Waals surface area contributed by atoms with Gasteiger partial charge in [-0.25, -0.2) is 4.79 Å². The second-order valence-electron chi connectivity index (χ2n) is 3.52. The van der Waals surface area contributed by atoms with E-state index in [9.17, 15) is 4.79 Å². The van der Waals surface area contributed by atoms with Crippen LogP contribution in [0, 0.1) is 0 Å². The average molecular weight is 200 g/mol. The third-order valence-corrected chi connectivity index (χ3v) is 2.30. The summed E-state index contributed by atoms with van der Waals surface area (Å²) in [7, 11) is 0. The van der Waals surface area contributed by atoms with E-state index in [2.05, 4.69) is 6.58 Å². The number of benzene rings is 1. The van der Waals surface area contributed by atoms with Gasteiger partial charge in [0.15, 0.2) is 0 Å². The number of carbonyl (C=O) groups is 1. The number of carbonyl (C=O) groups excluding carboxylic acids is 1. The largest absolute Gasteiger partial charge is 0.454 e. The van der Waals surface area contributed by atoms with Crippen LogP contribution in [0.2, 0.25) is 0 Å². The molecule has 1 atom stereocenters. The van der Waals surface area contributed by atoms with Crippen molar-refractivity contribution in [2.45, 2.75) is 12.5 Å². The van der Waals surface area contributed by atoms with Gasteiger partial charge in [0.05, 0.1) is 0 Å². The maximum Gasteiger partial charge on any atom is 0.334 e. The first-order valence-corrected chi connectivity index (χ1v) is 4.88. The summed E-state index contributed by atoms with van der Waals surface area (Å²) in [5.74, 6) is -0.280. The zero-order chi connectivity index (χ0) is 10.7. The second kappa shape index (κ2) is 4.13. The predicted molar refractivity (Wildman–Crippen MR) is 59.1 cm³/mol. The summed E-state index contributed by atoms with van der Waals surface area (Å²) in [6.45, 7) is 3.63. The highest BCUT2D eigenvalue weighted by Crippen LogP contribution is 2.20. The summed E-state index contributed by atoms with van der Waals surface area (Å²) < 4.78 is 5.07. The Balaban J connectivity index is 2.02. The van der Waals surface area contributed by atoms with Crippen LogP contribution in [0.1, 0.15) is 12.0 Å². The molecule has 1 fully saturated rings. The average Bonchev–Trinajstić information content (AvgIpc) is 2.57. The monoisotopic (exact) mass is 200 g/mol. The van der Waals surface area contributed by atoms with Crippen LogP contribution in [-0.4, -0.2) is 12.1 Å². The molecule has 1 heterocycles. The molecule has 0 spiro atoms. The smallest absolute Gasteiger partial charge is 0.334 e. The third-order valence-electron chi connectivity index (χ3n) is 2.30. The first-order valence-electron chi connectivity index (χ1n) is 4.88. The first-order chi connectivity index (χ1) is 7.25. The molecule has 0 radical (unpaired) electrons. The van der Waals surface area contributed by atoms with E-state index in [-0.39, 0.29) is 12.1 Å². The van der Waals surface area contributed by atoms with Crippen LogP contribution in [0.15, 0.2) is 48.6 Å². The molecule has 15 heavy (non-hydrogen) atoms. The van der Waals surface area contributed by atoms with Gasteiger partial charge in [-0.15, -0.1) is 0 Å². The van der Waals surface area contributed by atoms with Crippen molar-refractivity contribution in [3.05, 3.63) is 54.1 Å². The van der Waals surface area contributed by atoms with Gasteiger partial charge in [-0.2, -0.15) is 0 Å². The van der Waals surface area contributed by atoms with Crippen molar-refractivity contribution in [3.63, 3.8) is 0 Å². The maximum atomic E-state index is 11.0. The number of hydrogen-bond donors (Lipinski definition) is 0. The molecule has 0 aliphatic carbocycles. The molecule has 0 N–H and O–H groups in total. The Morgan fingerprint density at radius 1 is 1.33 bits per heavy atom. The first kappa shape index (κ1) is 9.71. The highest BCUT2D eigenvalue weighted by molar-refractivity contribution is 5.90. The fourth-order valence-electron chi connectivity index (χ4n) is 1.48. The molecule has 2 nitrogen and oxygen atoms in total. The van der Waals surface area contributed by atoms with Crippen LogP contribution in [0.5, 0.6) is 0 Å². The van der Waals surface area contributed by atoms with E-state index in [0.717, 1.165) is 5.56 Å². The summed E-state index contributed by atoms with van der Waals surface area (Å²) in [5.41, 5.74) is 1.66. The normalized spacial score (nSPS) is 20.9. The minimum atomic E-state index is -0.280. The Morgan fingerprint density at radius 3 is 2.67 bits per heavy atom. The molecule has 0 amide bonds. The standard InChI is InChI=1S/C13H12O2/c1-10-9-12(15-13(10)14)8-7-11-5-3-2-4-6-11/h2-8,12H,1,9H2/b8-7+/t12-/m1/s1. The molecule has 1 aliphatic heterocycles. The molecule has 1 aromatic carbocycles. The van der Waals surface area contributed by atoms with Crippen LogP contribution < -0.4 is 0 Å². The molecule has 2 rings (SSSR count). The number of ether oxygens (including phenoxy) is 1. The summed E-state index contributed by atoms with van der Waals surface area (Å²) in [6, 6.07) is 9.91. The minimum absolute atomic E-state index is 0.148. The molecule has 0 bridgehead atoms. The Kier molecular flexibility index (Phi) is 2.68.